The lowest BCUT2D eigenvalue weighted by Crippen LogP contribution is -2.48. The predicted molar refractivity (Wildman–Crippen MR) is 135 cm³/mol. The van der Waals surface area contributed by atoms with Crippen molar-refractivity contribution in [3.05, 3.63) is 82.5 Å². The second-order valence-corrected chi connectivity index (χ2v) is 10.5. The van der Waals surface area contributed by atoms with Crippen LogP contribution in [-0.2, 0) is 18.3 Å². The van der Waals surface area contributed by atoms with Crippen molar-refractivity contribution in [1.29, 1.82) is 0 Å². The van der Waals surface area contributed by atoms with Gasteiger partial charge in [-0.15, -0.1) is 0 Å². The molecule has 1 aromatic heterocycles. The van der Waals surface area contributed by atoms with Crippen LogP contribution in [0, 0.1) is 12.8 Å². The molecule has 1 saturated carbocycles. The molecule has 0 bridgehead atoms. The first-order chi connectivity index (χ1) is 16.4. The minimum Gasteiger partial charge on any atom is -0.390 e. The van der Waals surface area contributed by atoms with Gasteiger partial charge in [0.2, 0.25) is 0 Å². The fourth-order valence-electron chi connectivity index (χ4n) is 6.40. The molecule has 0 saturated heterocycles. The number of aryl methyl sites for hydroxylation is 2. The molecule has 2 aliphatic carbocycles. The summed E-state index contributed by atoms with van der Waals surface area (Å²) in [5.41, 5.74) is 5.03. The molecule has 1 heterocycles. The van der Waals surface area contributed by atoms with Crippen molar-refractivity contribution in [3.8, 4) is 0 Å². The molecule has 5 heteroatoms. The largest absolute Gasteiger partial charge is 0.390 e. The number of rotatable bonds is 5. The third-order valence-electron chi connectivity index (χ3n) is 8.31. The van der Waals surface area contributed by atoms with Crippen LogP contribution in [0.4, 0.5) is 5.82 Å². The number of aromatic nitrogens is 2. The molecule has 0 radical (unpaired) electrons. The highest BCUT2D eigenvalue weighted by Crippen LogP contribution is 2.54. The number of hydrogen-bond acceptors (Lipinski definition) is 3. The molecule has 0 aliphatic heterocycles. The smallest absolute Gasteiger partial charge is 0.256 e. The molecular formula is C29H35N3O2. The molecule has 0 unspecified atom stereocenters. The fraction of sp³-hybridized carbons (Fsp3) is 0.448. The Morgan fingerprint density at radius 3 is 2.74 bits per heavy atom. The van der Waals surface area contributed by atoms with E-state index in [4.69, 9.17) is 0 Å². The Morgan fingerprint density at radius 2 is 2.00 bits per heavy atom. The molecule has 2 aliphatic rings. The lowest BCUT2D eigenvalue weighted by molar-refractivity contribution is -0.0497. The molecule has 1 amide bonds. The zero-order valence-electron chi connectivity index (χ0n) is 20.2. The first-order valence-corrected chi connectivity index (χ1v) is 12.6. The summed E-state index contributed by atoms with van der Waals surface area (Å²) in [5, 5.41) is 21.2. The highest BCUT2D eigenvalue weighted by molar-refractivity contribution is 6.04. The number of H-pyrrole nitrogens is 1. The van der Waals surface area contributed by atoms with Crippen molar-refractivity contribution < 1.29 is 9.90 Å². The highest BCUT2D eigenvalue weighted by Gasteiger charge is 2.50. The maximum Gasteiger partial charge on any atom is 0.256 e. The van der Waals surface area contributed by atoms with Crippen LogP contribution in [0.15, 0.2) is 54.6 Å². The number of fused-ring (bicyclic) bond motifs is 3. The van der Waals surface area contributed by atoms with Crippen LogP contribution < -0.4 is 5.32 Å². The maximum atomic E-state index is 13.0. The van der Waals surface area contributed by atoms with Crippen LogP contribution in [0.3, 0.4) is 0 Å². The van der Waals surface area contributed by atoms with Gasteiger partial charge in [-0.25, -0.2) is 0 Å². The molecule has 1 fully saturated rings. The number of nitrogens with zero attached hydrogens (tertiary/aromatic N) is 1. The quantitative estimate of drug-likeness (QED) is 0.458. The summed E-state index contributed by atoms with van der Waals surface area (Å²) in [6.45, 7) is 4.03. The van der Waals surface area contributed by atoms with Crippen molar-refractivity contribution in [1.82, 2.24) is 10.2 Å². The van der Waals surface area contributed by atoms with Crippen LogP contribution >= 0.6 is 0 Å². The predicted octanol–water partition coefficient (Wildman–Crippen LogP) is 5.73. The highest BCUT2D eigenvalue weighted by atomic mass is 16.3. The molecule has 34 heavy (non-hydrogen) atoms. The summed E-state index contributed by atoms with van der Waals surface area (Å²) >= 11 is 0. The topological polar surface area (TPSA) is 78.0 Å². The number of amides is 1. The number of nitrogens with one attached hydrogen (secondary N) is 2. The molecule has 0 spiro atoms. The minimum atomic E-state index is -0.559. The van der Waals surface area contributed by atoms with E-state index < -0.39 is 5.60 Å². The summed E-state index contributed by atoms with van der Waals surface area (Å²) in [6.07, 6.45) is 7.60. The van der Waals surface area contributed by atoms with Gasteiger partial charge in [0.25, 0.3) is 5.91 Å². The zero-order valence-corrected chi connectivity index (χ0v) is 20.2. The van der Waals surface area contributed by atoms with Gasteiger partial charge in [0.05, 0.1) is 5.60 Å². The van der Waals surface area contributed by atoms with Crippen molar-refractivity contribution in [2.45, 2.75) is 76.2 Å². The SMILES string of the molecule is CC[C@@]1(O)CC[C@@]2(Cc3ccccc3)c3ccc(C(=O)Nc4cc(C)[nH]n4)cc3CCC[C@H]2C1. The number of aliphatic hydroxyl groups is 1. The Balaban J connectivity index is 1.52. The van der Waals surface area contributed by atoms with Crippen molar-refractivity contribution in [3.63, 3.8) is 0 Å². The average molecular weight is 458 g/mol. The van der Waals surface area contributed by atoms with E-state index >= 15 is 0 Å². The number of hydrogen-bond donors (Lipinski definition) is 3. The Labute approximate surface area is 202 Å². The van der Waals surface area contributed by atoms with Crippen LogP contribution in [0.2, 0.25) is 0 Å². The summed E-state index contributed by atoms with van der Waals surface area (Å²) in [7, 11) is 0. The second-order valence-electron chi connectivity index (χ2n) is 10.5. The van der Waals surface area contributed by atoms with Crippen LogP contribution in [0.25, 0.3) is 0 Å². The molecule has 2 aromatic carbocycles. The standard InChI is InChI=1S/C29H35N3O2/c1-3-28(34)14-15-29(18-21-8-5-4-6-9-21)24(19-28)11-7-10-22-17-23(12-13-25(22)29)27(33)30-26-16-20(2)31-32-26/h4-6,8-9,12-13,16-17,24,34H,3,7,10-11,14-15,18-19H2,1-2H3,(H2,30,31,32,33)/t24-,28+,29-/m0/s1. The molecule has 3 aromatic rings. The van der Waals surface area contributed by atoms with E-state index in [1.807, 2.05) is 19.1 Å². The Morgan fingerprint density at radius 1 is 1.18 bits per heavy atom. The van der Waals surface area contributed by atoms with Crippen molar-refractivity contribution in [2.24, 2.45) is 5.92 Å². The van der Waals surface area contributed by atoms with Gasteiger partial charge in [-0.1, -0.05) is 43.3 Å². The molecule has 3 N–H and O–H groups in total. The van der Waals surface area contributed by atoms with E-state index in [9.17, 15) is 9.90 Å². The van der Waals surface area contributed by atoms with Gasteiger partial charge in [-0.2, -0.15) is 5.10 Å². The Bertz CT molecular complexity index is 1170. The van der Waals surface area contributed by atoms with Gasteiger partial charge in [-0.05, 0) is 93.0 Å². The number of carbonyl (C=O) groups is 1. The van der Waals surface area contributed by atoms with Gasteiger partial charge in [0.1, 0.15) is 0 Å². The Hall–Kier alpha value is -2.92. The number of carbonyl (C=O) groups excluding carboxylic acids is 1. The van der Waals surface area contributed by atoms with Gasteiger partial charge in [-0.3, -0.25) is 9.89 Å². The van der Waals surface area contributed by atoms with E-state index in [0.29, 0.717) is 17.3 Å². The van der Waals surface area contributed by atoms with Crippen molar-refractivity contribution >= 4 is 11.7 Å². The van der Waals surface area contributed by atoms with E-state index in [-0.39, 0.29) is 11.3 Å². The van der Waals surface area contributed by atoms with E-state index in [0.717, 1.165) is 57.1 Å². The van der Waals surface area contributed by atoms with E-state index in [2.05, 4.69) is 64.9 Å². The van der Waals surface area contributed by atoms with Gasteiger partial charge >= 0.3 is 0 Å². The number of anilines is 1. The Kier molecular flexibility index (Phi) is 6.07. The fourth-order valence-corrected chi connectivity index (χ4v) is 6.40. The monoisotopic (exact) mass is 457 g/mol. The first-order valence-electron chi connectivity index (χ1n) is 12.6. The third kappa shape index (κ3) is 4.29. The molecule has 3 atom stereocenters. The lowest BCUT2D eigenvalue weighted by atomic mass is 9.55. The molecule has 178 valence electrons. The molecule has 5 rings (SSSR count). The van der Waals surface area contributed by atoms with E-state index in [1.165, 1.54) is 16.7 Å². The number of aromatic amines is 1. The van der Waals surface area contributed by atoms with Gasteiger partial charge in [0, 0.05) is 22.7 Å². The van der Waals surface area contributed by atoms with Crippen LogP contribution in [-0.4, -0.2) is 26.8 Å². The van der Waals surface area contributed by atoms with Crippen LogP contribution in [0.1, 0.15) is 78.2 Å². The van der Waals surface area contributed by atoms with Crippen molar-refractivity contribution in [2.75, 3.05) is 5.32 Å². The van der Waals surface area contributed by atoms with E-state index in [1.54, 1.807) is 0 Å². The second kappa shape index (κ2) is 9.03. The summed E-state index contributed by atoms with van der Waals surface area (Å²) in [6, 6.07) is 18.9. The molecular weight excluding hydrogens is 422 g/mol. The summed E-state index contributed by atoms with van der Waals surface area (Å²) in [5.74, 6) is 0.847. The third-order valence-corrected chi connectivity index (χ3v) is 8.31. The minimum absolute atomic E-state index is 0.0110. The summed E-state index contributed by atoms with van der Waals surface area (Å²) in [4.78, 5) is 13.0. The average Bonchev–Trinajstić information content (AvgIpc) is 3.19. The number of benzene rings is 2. The summed E-state index contributed by atoms with van der Waals surface area (Å²) < 4.78 is 0. The van der Waals surface area contributed by atoms with Gasteiger partial charge in [0.15, 0.2) is 5.82 Å². The lowest BCUT2D eigenvalue weighted by Gasteiger charge is -2.50. The first kappa shape index (κ1) is 22.9. The normalized spacial score (nSPS) is 26.3. The zero-order chi connectivity index (χ0) is 23.8. The molecule has 5 nitrogen and oxygen atoms in total. The van der Waals surface area contributed by atoms with Gasteiger partial charge < -0.3 is 10.4 Å². The maximum absolute atomic E-state index is 13.0. The van der Waals surface area contributed by atoms with Crippen LogP contribution in [0.5, 0.6) is 0 Å².